The smallest absolute Gasteiger partial charge is 0.174 e. The van der Waals surface area contributed by atoms with Gasteiger partial charge in [-0.15, -0.1) is 0 Å². The summed E-state index contributed by atoms with van der Waals surface area (Å²) in [7, 11) is 0. The van der Waals surface area contributed by atoms with Crippen LogP contribution in [-0.2, 0) is 0 Å². The maximum Gasteiger partial charge on any atom is 0.174 e. The van der Waals surface area contributed by atoms with Crippen LogP contribution in [0.3, 0.4) is 0 Å². The number of halogens is 2. The van der Waals surface area contributed by atoms with Gasteiger partial charge in [-0.3, -0.25) is 4.79 Å². The van der Waals surface area contributed by atoms with Crippen LogP contribution in [0.5, 0.6) is 0 Å². The molecule has 0 fully saturated rings. The zero-order valence-corrected chi connectivity index (χ0v) is 9.59. The fraction of sp³-hybridized carbons (Fsp3) is 0.100. The SMILES string of the molecule is O=C(CC#CI)c1ccc(Cl)cc1. The molecule has 0 heterocycles. The number of carbonyl (C=O) groups is 1. The Bertz CT molecular complexity index is 359. The van der Waals surface area contributed by atoms with Crippen molar-refractivity contribution in [2.24, 2.45) is 0 Å². The zero-order chi connectivity index (χ0) is 9.68. The monoisotopic (exact) mass is 304 g/mol. The maximum absolute atomic E-state index is 11.4. The van der Waals surface area contributed by atoms with Gasteiger partial charge in [-0.1, -0.05) is 17.5 Å². The van der Waals surface area contributed by atoms with E-state index in [1.807, 2.05) is 22.6 Å². The van der Waals surface area contributed by atoms with Crippen LogP contribution < -0.4 is 0 Å². The van der Waals surface area contributed by atoms with Crippen molar-refractivity contribution < 1.29 is 4.79 Å². The zero-order valence-electron chi connectivity index (χ0n) is 6.68. The number of rotatable bonds is 2. The summed E-state index contributed by atoms with van der Waals surface area (Å²) in [6.07, 6.45) is 0.268. The van der Waals surface area contributed by atoms with Gasteiger partial charge in [0.2, 0.25) is 0 Å². The molecule has 0 aliphatic heterocycles. The molecule has 0 unspecified atom stereocenters. The molecule has 3 heteroatoms. The minimum Gasteiger partial charge on any atom is -0.293 e. The highest BCUT2D eigenvalue weighted by atomic mass is 127. The van der Waals surface area contributed by atoms with Gasteiger partial charge in [-0.25, -0.2) is 0 Å². The van der Waals surface area contributed by atoms with Gasteiger partial charge in [0.15, 0.2) is 5.78 Å². The van der Waals surface area contributed by atoms with E-state index in [0.29, 0.717) is 10.6 Å². The molecule has 0 aliphatic rings. The molecule has 0 spiro atoms. The Morgan fingerprint density at radius 2 is 2.00 bits per heavy atom. The normalized spacial score (nSPS) is 8.77. The molecule has 0 amide bonds. The first kappa shape index (κ1) is 10.6. The van der Waals surface area contributed by atoms with Crippen molar-refractivity contribution in [2.75, 3.05) is 0 Å². The molecule has 66 valence electrons. The van der Waals surface area contributed by atoms with E-state index in [1.54, 1.807) is 24.3 Å². The second-order valence-corrected chi connectivity index (χ2v) is 3.35. The Morgan fingerprint density at radius 3 is 2.54 bits per heavy atom. The van der Waals surface area contributed by atoms with Crippen LogP contribution in [0.1, 0.15) is 16.8 Å². The largest absolute Gasteiger partial charge is 0.293 e. The molecule has 13 heavy (non-hydrogen) atoms. The van der Waals surface area contributed by atoms with Crippen molar-refractivity contribution in [3.8, 4) is 9.85 Å². The first-order chi connectivity index (χ1) is 6.24. The van der Waals surface area contributed by atoms with Crippen molar-refractivity contribution in [3.63, 3.8) is 0 Å². The van der Waals surface area contributed by atoms with Crippen LogP contribution >= 0.6 is 34.2 Å². The van der Waals surface area contributed by atoms with Crippen molar-refractivity contribution in [2.45, 2.75) is 6.42 Å². The van der Waals surface area contributed by atoms with E-state index < -0.39 is 0 Å². The third kappa shape index (κ3) is 3.37. The molecular formula is C10H6ClIO. The van der Waals surface area contributed by atoms with E-state index >= 15 is 0 Å². The predicted molar refractivity (Wildman–Crippen MR) is 62.2 cm³/mol. The van der Waals surface area contributed by atoms with Crippen LogP contribution in [0.25, 0.3) is 0 Å². The summed E-state index contributed by atoms with van der Waals surface area (Å²) in [6.45, 7) is 0. The highest BCUT2D eigenvalue weighted by Crippen LogP contribution is 2.10. The van der Waals surface area contributed by atoms with Gasteiger partial charge in [0.25, 0.3) is 0 Å². The van der Waals surface area contributed by atoms with Gasteiger partial charge >= 0.3 is 0 Å². The predicted octanol–water partition coefficient (Wildman–Crippen LogP) is 3.31. The van der Waals surface area contributed by atoms with Gasteiger partial charge in [0.1, 0.15) is 0 Å². The summed E-state index contributed by atoms with van der Waals surface area (Å²) in [6, 6.07) is 6.82. The standard InChI is InChI=1S/C10H6ClIO/c11-9-5-3-8(4-6-9)10(13)2-1-7-12/h3-6H,2H2. The highest BCUT2D eigenvalue weighted by Gasteiger charge is 2.02. The average molecular weight is 305 g/mol. The number of hydrogen-bond donors (Lipinski definition) is 0. The van der Waals surface area contributed by atoms with E-state index in [2.05, 4.69) is 9.85 Å². The lowest BCUT2D eigenvalue weighted by molar-refractivity contribution is 0.0998. The van der Waals surface area contributed by atoms with Crippen molar-refractivity contribution in [1.29, 1.82) is 0 Å². The van der Waals surface area contributed by atoms with Crippen molar-refractivity contribution >= 4 is 40.0 Å². The molecule has 1 rings (SSSR count). The Labute approximate surface area is 95.6 Å². The number of hydrogen-bond acceptors (Lipinski definition) is 1. The minimum absolute atomic E-state index is 0.0285. The van der Waals surface area contributed by atoms with Gasteiger partial charge in [-0.05, 0) is 28.2 Å². The molecule has 0 saturated heterocycles. The van der Waals surface area contributed by atoms with Crippen molar-refractivity contribution in [3.05, 3.63) is 34.9 Å². The number of Topliss-reactive ketones (excluding diaryl/α,β-unsaturated/α-hetero) is 1. The lowest BCUT2D eigenvalue weighted by atomic mass is 10.1. The fourth-order valence-corrected chi connectivity index (χ4v) is 1.17. The Kier molecular flexibility index (Phi) is 4.26. The summed E-state index contributed by atoms with van der Waals surface area (Å²) in [5.41, 5.74) is 0.656. The molecule has 0 bridgehead atoms. The lowest BCUT2D eigenvalue weighted by Gasteiger charge is -1.95. The van der Waals surface area contributed by atoms with Crippen LogP contribution in [0.15, 0.2) is 24.3 Å². The van der Waals surface area contributed by atoms with Gasteiger partial charge in [0, 0.05) is 33.2 Å². The fourth-order valence-electron chi connectivity index (χ4n) is 0.852. The molecule has 1 aromatic carbocycles. The van der Waals surface area contributed by atoms with Crippen LogP contribution in [0, 0.1) is 9.85 Å². The second-order valence-electron chi connectivity index (χ2n) is 2.38. The van der Waals surface area contributed by atoms with Gasteiger partial charge < -0.3 is 0 Å². The third-order valence-electron chi connectivity index (χ3n) is 1.48. The summed E-state index contributed by atoms with van der Waals surface area (Å²) in [4.78, 5) is 11.4. The molecule has 0 aromatic heterocycles. The Hall–Kier alpha value is -0.530. The van der Waals surface area contributed by atoms with E-state index in [4.69, 9.17) is 11.6 Å². The number of benzene rings is 1. The van der Waals surface area contributed by atoms with Crippen LogP contribution in [0.4, 0.5) is 0 Å². The minimum atomic E-state index is 0.0285. The molecule has 1 nitrogen and oxygen atoms in total. The number of carbonyl (C=O) groups excluding carboxylic acids is 1. The summed E-state index contributed by atoms with van der Waals surface area (Å²) >= 11 is 7.59. The summed E-state index contributed by atoms with van der Waals surface area (Å²) < 4.78 is 2.65. The van der Waals surface area contributed by atoms with Crippen LogP contribution in [-0.4, -0.2) is 5.78 Å². The topological polar surface area (TPSA) is 17.1 Å². The summed E-state index contributed by atoms with van der Waals surface area (Å²) in [5, 5.41) is 0.636. The average Bonchev–Trinajstić information content (AvgIpc) is 2.15. The molecule has 0 aliphatic carbocycles. The van der Waals surface area contributed by atoms with E-state index in [1.165, 1.54) is 0 Å². The van der Waals surface area contributed by atoms with E-state index in [0.717, 1.165) is 0 Å². The Morgan fingerprint density at radius 1 is 1.38 bits per heavy atom. The molecule has 0 N–H and O–H groups in total. The van der Waals surface area contributed by atoms with Crippen LogP contribution in [0.2, 0.25) is 5.02 Å². The van der Waals surface area contributed by atoms with Gasteiger partial charge in [0.05, 0.1) is 6.42 Å². The van der Waals surface area contributed by atoms with Gasteiger partial charge in [-0.2, -0.15) is 0 Å². The first-order valence-electron chi connectivity index (χ1n) is 3.61. The third-order valence-corrected chi connectivity index (χ3v) is 2.12. The summed E-state index contributed by atoms with van der Waals surface area (Å²) in [5.74, 6) is 2.74. The molecule has 0 saturated carbocycles. The molecule has 0 atom stereocenters. The van der Waals surface area contributed by atoms with E-state index in [-0.39, 0.29) is 12.2 Å². The number of ketones is 1. The highest BCUT2D eigenvalue weighted by molar-refractivity contribution is 14.1. The molecule has 0 radical (unpaired) electrons. The Balaban J connectivity index is 2.76. The molecular weight excluding hydrogens is 298 g/mol. The van der Waals surface area contributed by atoms with E-state index in [9.17, 15) is 4.79 Å². The van der Waals surface area contributed by atoms with Crippen molar-refractivity contribution in [1.82, 2.24) is 0 Å². The molecule has 1 aromatic rings. The second kappa shape index (κ2) is 5.25. The lowest BCUT2D eigenvalue weighted by Crippen LogP contribution is -1.96. The first-order valence-corrected chi connectivity index (χ1v) is 5.07. The quantitative estimate of drug-likeness (QED) is 0.465. The maximum atomic E-state index is 11.4.